The molecule has 5 atom stereocenters. The first-order chi connectivity index (χ1) is 14.6. The van der Waals surface area contributed by atoms with Crippen LogP contribution in [-0.4, -0.2) is 24.0 Å². The van der Waals surface area contributed by atoms with Crippen LogP contribution in [0.25, 0.3) is 0 Å². The zero-order valence-corrected chi connectivity index (χ0v) is 19.1. The third kappa shape index (κ3) is 3.74. The molecular weight excluding hydrogens is 396 g/mol. The second-order valence-electron chi connectivity index (χ2n) is 9.71. The van der Waals surface area contributed by atoms with Crippen molar-refractivity contribution in [3.05, 3.63) is 22.8 Å². The molecule has 2 fully saturated rings. The second kappa shape index (κ2) is 7.95. The van der Waals surface area contributed by atoms with Gasteiger partial charge in [-0.25, -0.2) is 0 Å². The fourth-order valence-corrected chi connectivity index (χ4v) is 6.74. The molecule has 0 heterocycles. The molecule has 2 saturated carbocycles. The molecule has 3 aliphatic rings. The Hall–Kier alpha value is -2.37. The zero-order chi connectivity index (χ0) is 22.5. The lowest BCUT2D eigenvalue weighted by Gasteiger charge is -2.50. The van der Waals surface area contributed by atoms with Gasteiger partial charge in [0.2, 0.25) is 0 Å². The molecule has 4 rings (SSSR count). The highest BCUT2D eigenvalue weighted by Crippen LogP contribution is 2.63. The molecule has 0 aromatic heterocycles. The average molecular weight is 429 g/mol. The molecule has 0 radical (unpaired) electrons. The maximum absolute atomic E-state index is 11.9. The summed E-state index contributed by atoms with van der Waals surface area (Å²) in [6.07, 6.45) is 5.78. The highest BCUT2D eigenvalue weighted by Gasteiger charge is 2.56. The van der Waals surface area contributed by atoms with E-state index < -0.39 is 0 Å². The normalized spacial score (nSPS) is 31.1. The van der Waals surface area contributed by atoms with E-state index in [0.29, 0.717) is 23.3 Å². The van der Waals surface area contributed by atoms with Crippen LogP contribution in [0.15, 0.2) is 6.07 Å². The van der Waals surface area contributed by atoms with E-state index in [4.69, 9.17) is 14.2 Å². The van der Waals surface area contributed by atoms with Gasteiger partial charge in [0.15, 0.2) is 0 Å². The minimum atomic E-state index is -0.388. The topological polar surface area (TPSA) is 78.9 Å². The summed E-state index contributed by atoms with van der Waals surface area (Å²) in [7, 11) is 0. The summed E-state index contributed by atoms with van der Waals surface area (Å²) < 4.78 is 16.8. The molecular formula is C25H32O6. The van der Waals surface area contributed by atoms with Crippen LogP contribution >= 0.6 is 0 Å². The van der Waals surface area contributed by atoms with E-state index >= 15 is 0 Å². The maximum Gasteiger partial charge on any atom is 0.308 e. The number of benzene rings is 1. The van der Waals surface area contributed by atoms with Gasteiger partial charge in [0.25, 0.3) is 0 Å². The van der Waals surface area contributed by atoms with Crippen LogP contribution in [0, 0.1) is 24.2 Å². The molecule has 1 aromatic carbocycles. The lowest BCUT2D eigenvalue weighted by molar-refractivity contribution is -0.154. The molecule has 0 saturated heterocycles. The Bertz CT molecular complexity index is 934. The SMILES string of the molecule is CC(=O)Oc1cc(OC(C)=O)c2c(c1C)CC[C@@H]1[C@@H]2CC[C@]2(C)C(OC(C)=O)CC[C@@H]12. The predicted octanol–water partition coefficient (Wildman–Crippen LogP) is 4.63. The van der Waals surface area contributed by atoms with E-state index in [2.05, 4.69) is 6.92 Å². The molecule has 168 valence electrons. The van der Waals surface area contributed by atoms with Crippen LogP contribution in [0.5, 0.6) is 11.5 Å². The number of hydrogen-bond donors (Lipinski definition) is 0. The Balaban J connectivity index is 1.73. The monoisotopic (exact) mass is 428 g/mol. The highest BCUT2D eigenvalue weighted by molar-refractivity contribution is 5.73. The first kappa shape index (κ1) is 21.8. The Kier molecular flexibility index (Phi) is 5.61. The van der Waals surface area contributed by atoms with E-state index in [1.165, 1.54) is 20.8 Å². The first-order valence-corrected chi connectivity index (χ1v) is 11.3. The van der Waals surface area contributed by atoms with E-state index in [1.807, 2.05) is 6.92 Å². The fraction of sp³-hybridized carbons (Fsp3) is 0.640. The smallest absolute Gasteiger partial charge is 0.308 e. The van der Waals surface area contributed by atoms with E-state index in [9.17, 15) is 14.4 Å². The molecule has 6 nitrogen and oxygen atoms in total. The minimum absolute atomic E-state index is 0.00133. The number of esters is 3. The molecule has 31 heavy (non-hydrogen) atoms. The van der Waals surface area contributed by atoms with Gasteiger partial charge in [0, 0.05) is 37.8 Å². The number of rotatable bonds is 3. The Morgan fingerprint density at radius 3 is 2.26 bits per heavy atom. The molecule has 6 heteroatoms. The summed E-state index contributed by atoms with van der Waals surface area (Å²) in [5.74, 6) is 1.25. The van der Waals surface area contributed by atoms with Gasteiger partial charge >= 0.3 is 17.9 Å². The average Bonchev–Trinajstić information content (AvgIpc) is 3.00. The Morgan fingerprint density at radius 2 is 1.61 bits per heavy atom. The second-order valence-corrected chi connectivity index (χ2v) is 9.71. The zero-order valence-electron chi connectivity index (χ0n) is 19.1. The van der Waals surface area contributed by atoms with E-state index in [-0.39, 0.29) is 35.3 Å². The van der Waals surface area contributed by atoms with Crippen molar-refractivity contribution in [2.24, 2.45) is 17.3 Å². The van der Waals surface area contributed by atoms with Gasteiger partial charge in [0.1, 0.15) is 17.6 Å². The van der Waals surface area contributed by atoms with Gasteiger partial charge < -0.3 is 14.2 Å². The van der Waals surface area contributed by atoms with Gasteiger partial charge in [0.05, 0.1) is 0 Å². The summed E-state index contributed by atoms with van der Waals surface area (Å²) >= 11 is 0. The fourth-order valence-electron chi connectivity index (χ4n) is 6.74. The van der Waals surface area contributed by atoms with Crippen molar-refractivity contribution in [2.45, 2.75) is 85.2 Å². The summed E-state index contributed by atoms with van der Waals surface area (Å²) in [6, 6.07) is 1.71. The van der Waals surface area contributed by atoms with E-state index in [1.54, 1.807) is 6.07 Å². The molecule has 0 amide bonds. The quantitative estimate of drug-likeness (QED) is 0.516. The number of ether oxygens (including phenoxy) is 3. The molecule has 1 unspecified atom stereocenters. The van der Waals surface area contributed by atoms with Crippen LogP contribution in [-0.2, 0) is 25.5 Å². The van der Waals surface area contributed by atoms with Crippen molar-refractivity contribution in [3.8, 4) is 11.5 Å². The summed E-state index contributed by atoms with van der Waals surface area (Å²) in [6.45, 7) is 8.53. The maximum atomic E-state index is 11.9. The lowest BCUT2D eigenvalue weighted by Crippen LogP contribution is -2.45. The van der Waals surface area contributed by atoms with Crippen LogP contribution < -0.4 is 9.47 Å². The van der Waals surface area contributed by atoms with Crippen LogP contribution in [0.1, 0.15) is 82.4 Å². The van der Waals surface area contributed by atoms with Crippen molar-refractivity contribution >= 4 is 17.9 Å². The van der Waals surface area contributed by atoms with Gasteiger partial charge in [-0.15, -0.1) is 0 Å². The number of carbonyl (C=O) groups is 3. The standard InChI is InChI=1S/C25H32O6/c1-13-17-6-7-18-19(10-11-25(5)20(18)8-9-23(25)31-16(4)28)24(17)22(30-15(3)27)12-21(13)29-14(2)26/h12,18-20,23H,6-11H2,1-5H3/t18-,19+,20+,23?,25+/m1/s1. The number of hydrogen-bond acceptors (Lipinski definition) is 6. The minimum Gasteiger partial charge on any atom is -0.462 e. The first-order valence-electron chi connectivity index (χ1n) is 11.3. The highest BCUT2D eigenvalue weighted by atomic mass is 16.5. The van der Waals surface area contributed by atoms with Crippen molar-refractivity contribution < 1.29 is 28.6 Å². The Labute approximate surface area is 183 Å². The van der Waals surface area contributed by atoms with Crippen molar-refractivity contribution in [2.75, 3.05) is 0 Å². The largest absolute Gasteiger partial charge is 0.462 e. The van der Waals surface area contributed by atoms with Crippen LogP contribution in [0.4, 0.5) is 0 Å². The molecule has 0 aliphatic heterocycles. The van der Waals surface area contributed by atoms with Gasteiger partial charge in [-0.2, -0.15) is 0 Å². The number of fused-ring (bicyclic) bond motifs is 5. The molecule has 3 aliphatic carbocycles. The van der Waals surface area contributed by atoms with Crippen molar-refractivity contribution in [3.63, 3.8) is 0 Å². The molecule has 0 spiro atoms. The van der Waals surface area contributed by atoms with E-state index in [0.717, 1.165) is 55.2 Å². The van der Waals surface area contributed by atoms with Crippen molar-refractivity contribution in [1.82, 2.24) is 0 Å². The van der Waals surface area contributed by atoms with Crippen molar-refractivity contribution in [1.29, 1.82) is 0 Å². The third-order valence-electron chi connectivity index (χ3n) is 7.94. The van der Waals surface area contributed by atoms with Gasteiger partial charge in [-0.1, -0.05) is 6.92 Å². The van der Waals surface area contributed by atoms with Gasteiger partial charge in [-0.3, -0.25) is 14.4 Å². The Morgan fingerprint density at radius 1 is 0.935 bits per heavy atom. The summed E-state index contributed by atoms with van der Waals surface area (Å²) in [4.78, 5) is 35.1. The van der Waals surface area contributed by atoms with Crippen LogP contribution in [0.2, 0.25) is 0 Å². The summed E-state index contributed by atoms with van der Waals surface area (Å²) in [5.41, 5.74) is 3.21. The van der Waals surface area contributed by atoms with Crippen LogP contribution in [0.3, 0.4) is 0 Å². The van der Waals surface area contributed by atoms with Gasteiger partial charge in [-0.05, 0) is 74.3 Å². The molecule has 0 N–H and O–H groups in total. The lowest BCUT2D eigenvalue weighted by atomic mass is 9.55. The third-order valence-corrected chi connectivity index (χ3v) is 7.94. The molecule has 1 aromatic rings. The number of carbonyl (C=O) groups excluding carboxylic acids is 3. The molecule has 0 bridgehead atoms. The predicted molar refractivity (Wildman–Crippen MR) is 114 cm³/mol. The summed E-state index contributed by atoms with van der Waals surface area (Å²) in [5, 5.41) is 0.